The van der Waals surface area contributed by atoms with Crippen molar-refractivity contribution in [2.24, 2.45) is 5.92 Å². The molecule has 2 aromatic rings. The highest BCUT2D eigenvalue weighted by molar-refractivity contribution is 5.91. The van der Waals surface area contributed by atoms with Gasteiger partial charge < -0.3 is 64.5 Å². The first-order chi connectivity index (χ1) is 22.5. The van der Waals surface area contributed by atoms with Crippen LogP contribution in [0.2, 0.25) is 0 Å². The second-order valence-corrected chi connectivity index (χ2v) is 10.9. The number of carbonyl (C=O) groups excluding carboxylic acids is 2. The van der Waals surface area contributed by atoms with E-state index < -0.39 is 74.5 Å². The molecule has 2 heterocycles. The summed E-state index contributed by atoms with van der Waals surface area (Å²) in [5, 5.41) is 78.8. The number of hydrogen-bond acceptors (Lipinski definition) is 15. The fraction of sp³-hybridized carbons (Fsp3) is 0.438. The maximum atomic E-state index is 13.3. The van der Waals surface area contributed by atoms with Gasteiger partial charge in [-0.1, -0.05) is 24.3 Å². The van der Waals surface area contributed by atoms with Gasteiger partial charge in [-0.25, -0.2) is 4.79 Å². The van der Waals surface area contributed by atoms with Crippen molar-refractivity contribution in [3.8, 4) is 17.2 Å². The highest BCUT2D eigenvalue weighted by atomic mass is 16.8. The lowest BCUT2D eigenvalue weighted by molar-refractivity contribution is -0.327. The smallest absolute Gasteiger partial charge is 0.337 e. The second kappa shape index (κ2) is 16.6. The van der Waals surface area contributed by atoms with Gasteiger partial charge in [0.1, 0.15) is 30.2 Å². The average Bonchev–Trinajstić information content (AvgIpc) is 3.05. The van der Waals surface area contributed by atoms with Gasteiger partial charge in [0.25, 0.3) is 0 Å². The Kier molecular flexibility index (Phi) is 12.6. The molecule has 7 atom stereocenters. The van der Waals surface area contributed by atoms with E-state index >= 15 is 0 Å². The summed E-state index contributed by atoms with van der Waals surface area (Å²) in [4.78, 5) is 26.3. The van der Waals surface area contributed by atoms with Gasteiger partial charge in [-0.15, -0.1) is 0 Å². The van der Waals surface area contributed by atoms with Crippen LogP contribution in [-0.4, -0.2) is 116 Å². The van der Waals surface area contributed by atoms with Crippen LogP contribution in [0.25, 0.3) is 0 Å². The molecule has 2 aliphatic rings. The van der Waals surface area contributed by atoms with Crippen molar-refractivity contribution < 1.29 is 74.1 Å². The minimum Gasteiger partial charge on any atom is -0.508 e. The van der Waals surface area contributed by atoms with Crippen molar-refractivity contribution in [1.82, 2.24) is 0 Å². The van der Waals surface area contributed by atoms with E-state index in [-0.39, 0.29) is 48.0 Å². The molecule has 15 nitrogen and oxygen atoms in total. The van der Waals surface area contributed by atoms with Crippen LogP contribution in [0.5, 0.6) is 17.2 Å². The van der Waals surface area contributed by atoms with E-state index in [9.17, 15) is 50.4 Å². The number of aliphatic hydroxyl groups excluding tert-OH is 5. The van der Waals surface area contributed by atoms with E-state index in [0.29, 0.717) is 12.0 Å². The molecule has 2 aliphatic heterocycles. The summed E-state index contributed by atoms with van der Waals surface area (Å²) in [5.41, 5.74) is 1.27. The molecule has 47 heavy (non-hydrogen) atoms. The van der Waals surface area contributed by atoms with Gasteiger partial charge in [-0.2, -0.15) is 0 Å². The van der Waals surface area contributed by atoms with Crippen molar-refractivity contribution in [2.75, 3.05) is 26.4 Å². The monoisotopic (exact) mass is 662 g/mol. The van der Waals surface area contributed by atoms with Gasteiger partial charge in [0, 0.05) is 24.3 Å². The molecule has 0 amide bonds. The Balaban J connectivity index is 1.51. The Morgan fingerprint density at radius 2 is 1.51 bits per heavy atom. The fourth-order valence-electron chi connectivity index (χ4n) is 5.05. The standard InChI is InChI=1S/C32H38O15/c33-10-7-20-21(14-26(38)43-11-8-17-1-4-19(35)5-2-17)22(30(42)44-12-9-18-3-6-23(36)24(37)13-18)16-45-31(20)47-32-29(41)28(40)27(39)25(15-34)46-32/h1-7,13,16,21,25,27-29,31-37,39-41H,8-12,14-15H2. The number of phenols is 3. The maximum absolute atomic E-state index is 13.3. The lowest BCUT2D eigenvalue weighted by Gasteiger charge is -2.42. The maximum Gasteiger partial charge on any atom is 0.337 e. The molecule has 0 aliphatic carbocycles. The van der Waals surface area contributed by atoms with E-state index in [0.717, 1.165) is 11.8 Å². The number of aliphatic hydroxyl groups is 5. The molecule has 0 radical (unpaired) electrons. The Morgan fingerprint density at radius 1 is 0.830 bits per heavy atom. The lowest BCUT2D eigenvalue weighted by atomic mass is 9.86. The molecule has 4 rings (SSSR count). The largest absolute Gasteiger partial charge is 0.508 e. The van der Waals surface area contributed by atoms with Gasteiger partial charge in [0.05, 0.1) is 44.7 Å². The van der Waals surface area contributed by atoms with Gasteiger partial charge in [-0.05, 0) is 35.4 Å². The van der Waals surface area contributed by atoms with Gasteiger partial charge in [-0.3, -0.25) is 4.79 Å². The number of carbonyl (C=O) groups is 2. The number of esters is 2. The molecule has 1 fully saturated rings. The van der Waals surface area contributed by atoms with Crippen LogP contribution in [0.3, 0.4) is 0 Å². The lowest BCUT2D eigenvalue weighted by Crippen LogP contribution is -2.60. The number of ether oxygens (including phenoxy) is 5. The van der Waals surface area contributed by atoms with Crippen LogP contribution < -0.4 is 0 Å². The molecule has 0 aromatic heterocycles. The molecule has 0 spiro atoms. The van der Waals surface area contributed by atoms with E-state index in [2.05, 4.69) is 0 Å². The van der Waals surface area contributed by atoms with Crippen molar-refractivity contribution >= 4 is 11.9 Å². The highest BCUT2D eigenvalue weighted by Crippen LogP contribution is 2.36. The number of hydrogen-bond donors (Lipinski definition) is 8. The molecule has 15 heteroatoms. The topological polar surface area (TPSA) is 242 Å². The van der Waals surface area contributed by atoms with Crippen LogP contribution >= 0.6 is 0 Å². The summed E-state index contributed by atoms with van der Waals surface area (Å²) in [5.74, 6) is -3.31. The quantitative estimate of drug-likeness (QED) is 0.0777. The van der Waals surface area contributed by atoms with Crippen LogP contribution in [-0.2, 0) is 46.1 Å². The van der Waals surface area contributed by atoms with Crippen LogP contribution in [0.1, 0.15) is 17.5 Å². The molecule has 7 unspecified atom stereocenters. The SMILES string of the molecule is O=C(CC1C(C(=O)OCCc2ccc(O)c(O)c2)=COC(OC2OC(CO)C(O)C(O)C2O)C1=CCO)OCCc1ccc(O)cc1. The van der Waals surface area contributed by atoms with E-state index in [4.69, 9.17) is 23.7 Å². The van der Waals surface area contributed by atoms with Crippen molar-refractivity contribution in [3.63, 3.8) is 0 Å². The zero-order valence-electron chi connectivity index (χ0n) is 25.1. The number of benzene rings is 2. The van der Waals surface area contributed by atoms with Gasteiger partial charge in [0.2, 0.25) is 6.29 Å². The number of rotatable bonds is 13. The fourth-order valence-corrected chi connectivity index (χ4v) is 5.05. The van der Waals surface area contributed by atoms with E-state index in [1.165, 1.54) is 36.4 Å². The van der Waals surface area contributed by atoms with Gasteiger partial charge in [0.15, 0.2) is 17.8 Å². The average molecular weight is 663 g/mol. The third-order valence-corrected chi connectivity index (χ3v) is 7.66. The Morgan fingerprint density at radius 3 is 2.19 bits per heavy atom. The molecular weight excluding hydrogens is 624 g/mol. The molecular formula is C32H38O15. The summed E-state index contributed by atoms with van der Waals surface area (Å²) < 4.78 is 27.6. The Bertz CT molecular complexity index is 1420. The molecule has 1 saturated heterocycles. The van der Waals surface area contributed by atoms with Gasteiger partial charge >= 0.3 is 11.9 Å². The van der Waals surface area contributed by atoms with Crippen LogP contribution in [0, 0.1) is 5.92 Å². The minimum atomic E-state index is -1.79. The zero-order chi connectivity index (χ0) is 34.1. The molecule has 0 bridgehead atoms. The van der Waals surface area contributed by atoms with Crippen LogP contribution in [0.4, 0.5) is 0 Å². The molecule has 2 aromatic carbocycles. The van der Waals surface area contributed by atoms with Crippen molar-refractivity contribution in [2.45, 2.75) is 56.3 Å². The minimum absolute atomic E-state index is 0.0281. The number of phenolic OH excluding ortho intramolecular Hbond substituents is 3. The predicted octanol–water partition coefficient (Wildman–Crippen LogP) is -0.343. The van der Waals surface area contributed by atoms with E-state index in [1.807, 2.05) is 0 Å². The number of aromatic hydroxyl groups is 3. The first-order valence-corrected chi connectivity index (χ1v) is 14.8. The Labute approximate surface area is 269 Å². The molecule has 0 saturated carbocycles. The predicted molar refractivity (Wildman–Crippen MR) is 158 cm³/mol. The summed E-state index contributed by atoms with van der Waals surface area (Å²) in [7, 11) is 0. The second-order valence-electron chi connectivity index (χ2n) is 10.9. The zero-order valence-corrected chi connectivity index (χ0v) is 25.1. The third kappa shape index (κ3) is 9.20. The highest BCUT2D eigenvalue weighted by Gasteiger charge is 2.47. The first kappa shape index (κ1) is 35.6. The molecule has 256 valence electrons. The summed E-state index contributed by atoms with van der Waals surface area (Å²) >= 11 is 0. The van der Waals surface area contributed by atoms with Crippen molar-refractivity contribution in [1.29, 1.82) is 0 Å². The normalized spacial score (nSPS) is 26.7. The van der Waals surface area contributed by atoms with E-state index in [1.54, 1.807) is 12.1 Å². The first-order valence-electron chi connectivity index (χ1n) is 14.8. The summed E-state index contributed by atoms with van der Waals surface area (Å²) in [6.07, 6.45) is -7.32. The van der Waals surface area contributed by atoms with Crippen LogP contribution in [0.15, 0.2) is 65.9 Å². The summed E-state index contributed by atoms with van der Waals surface area (Å²) in [6, 6.07) is 10.5. The summed E-state index contributed by atoms with van der Waals surface area (Å²) in [6.45, 7) is -1.49. The third-order valence-electron chi connectivity index (χ3n) is 7.66. The molecule has 8 N–H and O–H groups in total. The van der Waals surface area contributed by atoms with Crippen molar-refractivity contribution in [3.05, 3.63) is 77.1 Å². The Hall–Kier alpha value is -4.22.